The van der Waals surface area contributed by atoms with E-state index >= 15 is 0 Å². The van der Waals surface area contributed by atoms with Gasteiger partial charge in [0.25, 0.3) is 11.8 Å². The lowest BCUT2D eigenvalue weighted by Crippen LogP contribution is -2.24. The Balaban J connectivity index is 1.44. The van der Waals surface area contributed by atoms with Crippen molar-refractivity contribution in [2.24, 2.45) is 9.98 Å². The minimum Gasteiger partial charge on any atom is -0.493 e. The van der Waals surface area contributed by atoms with Gasteiger partial charge in [0, 0.05) is 62.6 Å². The molecule has 0 bridgehead atoms. The predicted molar refractivity (Wildman–Crippen MR) is 205 cm³/mol. The Morgan fingerprint density at radius 3 is 1.31 bits per heavy atom. The zero-order valence-corrected chi connectivity index (χ0v) is 30.6. The molecule has 0 fully saturated rings. The Labute approximate surface area is 297 Å². The van der Waals surface area contributed by atoms with Crippen molar-refractivity contribution in [1.29, 1.82) is 0 Å². The van der Waals surface area contributed by atoms with Crippen molar-refractivity contribution in [3.8, 4) is 11.5 Å². The maximum atomic E-state index is 12.5. The Kier molecular flexibility index (Phi) is 24.8. The molecular formula is C41H64N4O4. The third kappa shape index (κ3) is 21.8. The zero-order valence-electron chi connectivity index (χ0n) is 30.6. The number of hydrogen-bond donors (Lipinski definition) is 2. The Morgan fingerprint density at radius 2 is 0.898 bits per heavy atom. The zero-order chi connectivity index (χ0) is 35.0. The highest BCUT2D eigenvalue weighted by Gasteiger charge is 2.06. The molecule has 0 unspecified atom stereocenters. The molecule has 8 nitrogen and oxygen atoms in total. The van der Waals surface area contributed by atoms with Crippen LogP contribution >= 0.6 is 0 Å². The highest BCUT2D eigenvalue weighted by atomic mass is 16.5. The molecule has 2 aromatic carbocycles. The van der Waals surface area contributed by atoms with E-state index in [1.54, 1.807) is 24.3 Å². The normalized spacial score (nSPS) is 11.3. The maximum absolute atomic E-state index is 12.5. The summed E-state index contributed by atoms with van der Waals surface area (Å²) in [5, 5.41) is 6.01. The number of rotatable bonds is 30. The van der Waals surface area contributed by atoms with Crippen molar-refractivity contribution < 1.29 is 19.1 Å². The third-order valence-electron chi connectivity index (χ3n) is 8.23. The van der Waals surface area contributed by atoms with Gasteiger partial charge in [-0.3, -0.25) is 19.6 Å². The fourth-order valence-corrected chi connectivity index (χ4v) is 5.23. The van der Waals surface area contributed by atoms with Crippen molar-refractivity contribution >= 4 is 24.2 Å². The number of hydrogen-bond acceptors (Lipinski definition) is 6. The molecule has 0 aliphatic carbocycles. The fourth-order valence-electron chi connectivity index (χ4n) is 5.23. The maximum Gasteiger partial charge on any atom is 0.251 e. The van der Waals surface area contributed by atoms with E-state index in [9.17, 15) is 9.59 Å². The smallest absolute Gasteiger partial charge is 0.251 e. The SMILES string of the molecule is CCCCCCCN=CCCOc1ccc(C(=O)NCCCCCCCNC(=O)c2ccc(OCCC=NCCCCCCC)cc2)cc1. The molecule has 2 N–H and O–H groups in total. The summed E-state index contributed by atoms with van der Waals surface area (Å²) < 4.78 is 11.5. The minimum absolute atomic E-state index is 0.0619. The van der Waals surface area contributed by atoms with Gasteiger partial charge in [-0.1, -0.05) is 84.5 Å². The molecule has 0 heterocycles. The molecule has 2 amide bonds. The molecular weight excluding hydrogens is 612 g/mol. The van der Waals surface area contributed by atoms with Gasteiger partial charge in [0.1, 0.15) is 11.5 Å². The third-order valence-corrected chi connectivity index (χ3v) is 8.23. The van der Waals surface area contributed by atoms with Crippen LogP contribution in [0.4, 0.5) is 0 Å². The average molecular weight is 677 g/mol. The topological polar surface area (TPSA) is 101 Å². The van der Waals surface area contributed by atoms with Crippen LogP contribution in [0.5, 0.6) is 11.5 Å². The van der Waals surface area contributed by atoms with Gasteiger partial charge in [0.05, 0.1) is 13.2 Å². The lowest BCUT2D eigenvalue weighted by atomic mass is 10.1. The highest BCUT2D eigenvalue weighted by Crippen LogP contribution is 2.14. The van der Waals surface area contributed by atoms with E-state index in [0.717, 1.165) is 82.4 Å². The number of nitrogens with zero attached hydrogens (tertiary/aromatic N) is 2. The van der Waals surface area contributed by atoms with Crippen LogP contribution in [0.2, 0.25) is 0 Å². The molecule has 49 heavy (non-hydrogen) atoms. The summed E-state index contributed by atoms with van der Waals surface area (Å²) >= 11 is 0. The van der Waals surface area contributed by atoms with Crippen LogP contribution in [0.15, 0.2) is 58.5 Å². The number of carbonyl (C=O) groups is 2. The number of ether oxygens (including phenoxy) is 2. The van der Waals surface area contributed by atoms with Crippen LogP contribution in [0, 0.1) is 0 Å². The molecule has 2 rings (SSSR count). The van der Waals surface area contributed by atoms with E-state index in [1.165, 1.54) is 51.4 Å². The summed E-state index contributed by atoms with van der Waals surface area (Å²) in [6, 6.07) is 14.6. The first-order valence-corrected chi connectivity index (χ1v) is 19.1. The van der Waals surface area contributed by atoms with E-state index in [4.69, 9.17) is 9.47 Å². The Morgan fingerprint density at radius 1 is 0.531 bits per heavy atom. The predicted octanol–water partition coefficient (Wildman–Crippen LogP) is 9.42. The van der Waals surface area contributed by atoms with Crippen LogP contribution in [-0.2, 0) is 0 Å². The molecule has 0 aliphatic heterocycles. The van der Waals surface area contributed by atoms with Gasteiger partial charge in [-0.05, 0) is 74.2 Å². The van der Waals surface area contributed by atoms with Crippen LogP contribution in [0.25, 0.3) is 0 Å². The second kappa shape index (κ2) is 29.3. The second-order valence-corrected chi connectivity index (χ2v) is 12.6. The van der Waals surface area contributed by atoms with Gasteiger partial charge in [-0.25, -0.2) is 0 Å². The molecule has 0 radical (unpaired) electrons. The molecule has 0 aliphatic rings. The van der Waals surface area contributed by atoms with Gasteiger partial charge in [0.15, 0.2) is 0 Å². The highest BCUT2D eigenvalue weighted by molar-refractivity contribution is 5.94. The van der Waals surface area contributed by atoms with Gasteiger partial charge < -0.3 is 20.1 Å². The molecule has 0 aromatic heterocycles. The molecule has 8 heteroatoms. The Hall–Kier alpha value is -3.68. The van der Waals surface area contributed by atoms with Gasteiger partial charge in [-0.15, -0.1) is 0 Å². The van der Waals surface area contributed by atoms with Crippen LogP contribution in [0.3, 0.4) is 0 Å². The number of unbranched alkanes of at least 4 members (excludes halogenated alkanes) is 12. The molecule has 0 spiro atoms. The lowest BCUT2D eigenvalue weighted by Gasteiger charge is -2.08. The van der Waals surface area contributed by atoms with Crippen LogP contribution < -0.4 is 20.1 Å². The number of carbonyl (C=O) groups excluding carboxylic acids is 2. The van der Waals surface area contributed by atoms with E-state index in [-0.39, 0.29) is 11.8 Å². The second-order valence-electron chi connectivity index (χ2n) is 12.6. The first-order valence-electron chi connectivity index (χ1n) is 19.1. The van der Waals surface area contributed by atoms with Crippen molar-refractivity contribution in [3.63, 3.8) is 0 Å². The summed E-state index contributed by atoms with van der Waals surface area (Å²) in [4.78, 5) is 33.9. The molecule has 0 saturated heterocycles. The van der Waals surface area contributed by atoms with E-state index < -0.39 is 0 Å². The number of nitrogens with one attached hydrogen (secondary N) is 2. The first kappa shape index (κ1) is 41.5. The van der Waals surface area contributed by atoms with E-state index in [1.807, 2.05) is 36.7 Å². The standard InChI is InChI=1S/C41H64N4O4/c1-3-5-7-10-14-28-42-30-18-34-48-38-24-20-36(21-25-38)40(46)44-32-16-12-9-13-17-33-45-41(47)37-22-26-39(27-23-37)49-35-19-31-43-29-15-11-8-6-4-2/h20-27,30-31H,3-19,28-29,32-35H2,1-2H3,(H,44,46)(H,45,47). The molecule has 272 valence electrons. The summed E-state index contributed by atoms with van der Waals surface area (Å²) in [7, 11) is 0. The molecule has 0 atom stereocenters. The van der Waals surface area contributed by atoms with Crippen molar-refractivity contribution in [2.45, 2.75) is 123 Å². The first-order chi connectivity index (χ1) is 24.1. The molecule has 0 saturated carbocycles. The Bertz CT molecular complexity index is 1070. The number of aliphatic imine (C=N–C) groups is 2. The van der Waals surface area contributed by atoms with Crippen molar-refractivity contribution in [3.05, 3.63) is 59.7 Å². The summed E-state index contributed by atoms with van der Waals surface area (Å²) in [5.74, 6) is 1.40. The van der Waals surface area contributed by atoms with Gasteiger partial charge in [0.2, 0.25) is 0 Å². The lowest BCUT2D eigenvalue weighted by molar-refractivity contribution is 0.0945. The monoisotopic (exact) mass is 676 g/mol. The number of benzene rings is 2. The van der Waals surface area contributed by atoms with Crippen molar-refractivity contribution in [2.75, 3.05) is 39.4 Å². The van der Waals surface area contributed by atoms with Crippen LogP contribution in [-0.4, -0.2) is 63.6 Å². The number of amides is 2. The quantitative estimate of drug-likeness (QED) is 0.0636. The summed E-state index contributed by atoms with van der Waals surface area (Å²) in [5.41, 5.74) is 1.28. The van der Waals surface area contributed by atoms with Gasteiger partial charge >= 0.3 is 0 Å². The van der Waals surface area contributed by atoms with Crippen molar-refractivity contribution in [1.82, 2.24) is 10.6 Å². The summed E-state index contributed by atoms with van der Waals surface area (Å²) in [6.07, 6.45) is 23.1. The van der Waals surface area contributed by atoms with Gasteiger partial charge in [-0.2, -0.15) is 0 Å². The van der Waals surface area contributed by atoms with E-state index in [2.05, 4.69) is 34.5 Å². The minimum atomic E-state index is -0.0619. The fraction of sp³-hybridized carbons (Fsp3) is 0.610. The largest absolute Gasteiger partial charge is 0.493 e. The summed E-state index contributed by atoms with van der Waals surface area (Å²) in [6.45, 7) is 8.72. The van der Waals surface area contributed by atoms with E-state index in [0.29, 0.717) is 37.4 Å². The van der Waals surface area contributed by atoms with Crippen LogP contribution in [0.1, 0.15) is 144 Å². The average Bonchev–Trinajstić information content (AvgIpc) is 3.12. The molecule has 2 aromatic rings.